The lowest BCUT2D eigenvalue weighted by Crippen LogP contribution is -2.36. The third kappa shape index (κ3) is 3.49. The number of rotatable bonds is 4. The summed E-state index contributed by atoms with van der Waals surface area (Å²) in [4.78, 5) is 15.7. The van der Waals surface area contributed by atoms with Crippen molar-refractivity contribution in [3.05, 3.63) is 56.2 Å². The van der Waals surface area contributed by atoms with Gasteiger partial charge in [-0.1, -0.05) is 28.1 Å². The quantitative estimate of drug-likeness (QED) is 0.792. The summed E-state index contributed by atoms with van der Waals surface area (Å²) in [6.45, 7) is 4.06. The molecule has 0 aliphatic carbocycles. The summed E-state index contributed by atoms with van der Waals surface area (Å²) in [5.41, 5.74) is 1.77. The second-order valence-electron chi connectivity index (χ2n) is 5.01. The minimum Gasteiger partial charge on any atom is -0.339 e. The molecular formula is C16H18BrNOS. The molecule has 2 rings (SSSR count). The molecule has 0 aliphatic rings. The maximum atomic E-state index is 12.6. The second-order valence-corrected chi connectivity index (χ2v) is 6.96. The van der Waals surface area contributed by atoms with Crippen molar-refractivity contribution in [1.82, 2.24) is 4.90 Å². The molecule has 0 fully saturated rings. The summed E-state index contributed by atoms with van der Waals surface area (Å²) in [6, 6.07) is 10.2. The summed E-state index contributed by atoms with van der Waals surface area (Å²) >= 11 is 5.17. The van der Waals surface area contributed by atoms with Crippen LogP contribution in [-0.4, -0.2) is 23.9 Å². The third-order valence-corrected chi connectivity index (χ3v) is 4.88. The maximum absolute atomic E-state index is 12.6. The number of carbonyl (C=O) groups is 1. The number of carbonyl (C=O) groups excluding carboxylic acids is 1. The van der Waals surface area contributed by atoms with E-state index in [4.69, 9.17) is 0 Å². The van der Waals surface area contributed by atoms with Crippen molar-refractivity contribution < 1.29 is 4.79 Å². The number of amides is 1. The molecule has 0 radical (unpaired) electrons. The van der Waals surface area contributed by atoms with Crippen LogP contribution in [0, 0.1) is 6.92 Å². The van der Waals surface area contributed by atoms with Gasteiger partial charge in [0.2, 0.25) is 0 Å². The molecule has 106 valence electrons. The van der Waals surface area contributed by atoms with Crippen LogP contribution in [0.1, 0.15) is 27.7 Å². The van der Waals surface area contributed by atoms with Crippen LogP contribution in [0.3, 0.4) is 0 Å². The average molecular weight is 352 g/mol. The van der Waals surface area contributed by atoms with E-state index in [-0.39, 0.29) is 11.9 Å². The molecule has 2 nitrogen and oxygen atoms in total. The normalized spacial score (nSPS) is 12.2. The van der Waals surface area contributed by atoms with Gasteiger partial charge in [0.05, 0.1) is 0 Å². The third-order valence-electron chi connectivity index (χ3n) is 3.49. The van der Waals surface area contributed by atoms with Gasteiger partial charge in [-0.05, 0) is 43.0 Å². The summed E-state index contributed by atoms with van der Waals surface area (Å²) in [6.07, 6.45) is 0.896. The van der Waals surface area contributed by atoms with Gasteiger partial charge in [-0.25, -0.2) is 0 Å². The van der Waals surface area contributed by atoms with E-state index in [1.54, 1.807) is 11.3 Å². The smallest absolute Gasteiger partial charge is 0.254 e. The molecule has 1 atom stereocenters. The molecule has 0 saturated heterocycles. The minimum atomic E-state index is 0.0767. The van der Waals surface area contributed by atoms with Crippen LogP contribution < -0.4 is 0 Å². The fraction of sp³-hybridized carbons (Fsp3) is 0.312. The SMILES string of the molecule is Cc1ccc(Br)cc1C(=O)N(C)C(C)Cc1cccs1. The minimum absolute atomic E-state index is 0.0767. The first-order valence-electron chi connectivity index (χ1n) is 6.54. The predicted molar refractivity (Wildman–Crippen MR) is 88.5 cm³/mol. The van der Waals surface area contributed by atoms with Crippen molar-refractivity contribution in [2.75, 3.05) is 7.05 Å². The Balaban J connectivity index is 2.13. The molecule has 0 aliphatic heterocycles. The number of hydrogen-bond donors (Lipinski definition) is 0. The predicted octanol–water partition coefficient (Wildman–Crippen LogP) is 4.52. The number of halogens is 1. The first-order chi connectivity index (χ1) is 9.49. The summed E-state index contributed by atoms with van der Waals surface area (Å²) in [7, 11) is 1.88. The van der Waals surface area contributed by atoms with Gasteiger partial charge in [-0.2, -0.15) is 0 Å². The topological polar surface area (TPSA) is 20.3 Å². The fourth-order valence-electron chi connectivity index (χ4n) is 2.07. The van der Waals surface area contributed by atoms with E-state index in [1.165, 1.54) is 4.88 Å². The zero-order valence-electron chi connectivity index (χ0n) is 11.9. The Bertz CT molecular complexity index is 595. The highest BCUT2D eigenvalue weighted by Gasteiger charge is 2.19. The molecule has 1 aromatic heterocycles. The number of nitrogens with zero attached hydrogens (tertiary/aromatic N) is 1. The number of aryl methyl sites for hydroxylation is 1. The van der Waals surface area contributed by atoms with Crippen LogP contribution in [0.2, 0.25) is 0 Å². The van der Waals surface area contributed by atoms with Crippen molar-refractivity contribution in [2.24, 2.45) is 0 Å². The van der Waals surface area contributed by atoms with Gasteiger partial charge >= 0.3 is 0 Å². The maximum Gasteiger partial charge on any atom is 0.254 e. The van der Waals surface area contributed by atoms with E-state index in [9.17, 15) is 4.79 Å². The van der Waals surface area contributed by atoms with Crippen molar-refractivity contribution >= 4 is 33.2 Å². The van der Waals surface area contributed by atoms with Crippen molar-refractivity contribution in [1.29, 1.82) is 0 Å². The standard InChI is InChI=1S/C16H18BrNOS/c1-11-6-7-13(17)10-15(11)16(19)18(3)12(2)9-14-5-4-8-20-14/h4-8,10,12H,9H2,1-3H3. The summed E-state index contributed by atoms with van der Waals surface area (Å²) < 4.78 is 0.936. The van der Waals surface area contributed by atoms with Gasteiger partial charge in [0.25, 0.3) is 5.91 Å². The zero-order valence-corrected chi connectivity index (χ0v) is 14.3. The first kappa shape index (κ1) is 15.3. The molecule has 1 heterocycles. The van der Waals surface area contributed by atoms with Crippen LogP contribution in [0.5, 0.6) is 0 Å². The van der Waals surface area contributed by atoms with E-state index in [1.807, 2.05) is 43.1 Å². The molecule has 0 N–H and O–H groups in total. The van der Waals surface area contributed by atoms with Gasteiger partial charge in [-0.3, -0.25) is 4.79 Å². The second kappa shape index (κ2) is 6.55. The number of benzene rings is 1. The molecule has 1 aromatic carbocycles. The van der Waals surface area contributed by atoms with Crippen LogP contribution in [-0.2, 0) is 6.42 Å². The Morgan fingerprint density at radius 2 is 2.15 bits per heavy atom. The Morgan fingerprint density at radius 3 is 2.80 bits per heavy atom. The highest BCUT2D eigenvalue weighted by atomic mass is 79.9. The molecule has 4 heteroatoms. The summed E-state index contributed by atoms with van der Waals surface area (Å²) in [5.74, 6) is 0.0767. The van der Waals surface area contributed by atoms with E-state index in [0.29, 0.717) is 0 Å². The lowest BCUT2D eigenvalue weighted by Gasteiger charge is -2.25. The van der Waals surface area contributed by atoms with Crippen molar-refractivity contribution in [3.8, 4) is 0 Å². The van der Waals surface area contributed by atoms with Gasteiger partial charge in [0.15, 0.2) is 0 Å². The van der Waals surface area contributed by atoms with E-state index in [2.05, 4.69) is 34.3 Å². The Morgan fingerprint density at radius 1 is 1.40 bits per heavy atom. The van der Waals surface area contributed by atoms with Crippen LogP contribution in [0.25, 0.3) is 0 Å². The van der Waals surface area contributed by atoms with Crippen LogP contribution >= 0.6 is 27.3 Å². The molecule has 0 saturated carbocycles. The molecule has 0 spiro atoms. The Hall–Kier alpha value is -1.13. The highest BCUT2D eigenvalue weighted by molar-refractivity contribution is 9.10. The van der Waals surface area contributed by atoms with Crippen molar-refractivity contribution in [3.63, 3.8) is 0 Å². The number of likely N-dealkylation sites (N-methyl/N-ethyl adjacent to an activating group) is 1. The monoisotopic (exact) mass is 351 g/mol. The van der Waals surface area contributed by atoms with E-state index < -0.39 is 0 Å². The lowest BCUT2D eigenvalue weighted by atomic mass is 10.1. The van der Waals surface area contributed by atoms with Gasteiger partial charge < -0.3 is 4.90 Å². The summed E-state index contributed by atoms with van der Waals surface area (Å²) in [5, 5.41) is 2.07. The molecular weight excluding hydrogens is 334 g/mol. The van der Waals surface area contributed by atoms with Gasteiger partial charge in [0, 0.05) is 34.4 Å². The van der Waals surface area contributed by atoms with Crippen LogP contribution in [0.4, 0.5) is 0 Å². The highest BCUT2D eigenvalue weighted by Crippen LogP contribution is 2.20. The average Bonchev–Trinajstić information content (AvgIpc) is 2.92. The Kier molecular flexibility index (Phi) is 5.00. The largest absolute Gasteiger partial charge is 0.339 e. The lowest BCUT2D eigenvalue weighted by molar-refractivity contribution is 0.0743. The van der Waals surface area contributed by atoms with E-state index >= 15 is 0 Å². The molecule has 2 aromatic rings. The Labute approximate surface area is 132 Å². The van der Waals surface area contributed by atoms with Crippen LogP contribution in [0.15, 0.2) is 40.2 Å². The number of thiophene rings is 1. The van der Waals surface area contributed by atoms with Crippen molar-refractivity contribution in [2.45, 2.75) is 26.3 Å². The van der Waals surface area contributed by atoms with Gasteiger partial charge in [-0.15, -0.1) is 11.3 Å². The molecule has 20 heavy (non-hydrogen) atoms. The molecule has 0 bridgehead atoms. The number of hydrogen-bond acceptors (Lipinski definition) is 2. The van der Waals surface area contributed by atoms with E-state index in [0.717, 1.165) is 22.0 Å². The fourth-order valence-corrected chi connectivity index (χ4v) is 3.26. The van der Waals surface area contributed by atoms with Gasteiger partial charge in [0.1, 0.15) is 0 Å². The molecule has 1 amide bonds. The zero-order chi connectivity index (χ0) is 14.7. The molecule has 1 unspecified atom stereocenters. The first-order valence-corrected chi connectivity index (χ1v) is 8.22.